The van der Waals surface area contributed by atoms with E-state index in [2.05, 4.69) is 52.4 Å². The highest BCUT2D eigenvalue weighted by Crippen LogP contribution is 2.15. The first-order chi connectivity index (χ1) is 9.79. The first-order valence-electron chi connectivity index (χ1n) is 7.70. The average Bonchev–Trinajstić information content (AvgIpc) is 2.49. The van der Waals surface area contributed by atoms with E-state index in [-0.39, 0.29) is 6.10 Å². The molecule has 0 amide bonds. The summed E-state index contributed by atoms with van der Waals surface area (Å²) in [5, 5.41) is 13.3. The van der Waals surface area contributed by atoms with E-state index in [1.807, 2.05) is 0 Å². The lowest BCUT2D eigenvalue weighted by Crippen LogP contribution is -2.49. The molecular formula is C16H27N3O. The summed E-state index contributed by atoms with van der Waals surface area (Å²) in [4.78, 5) is 4.77. The third-order valence-electron chi connectivity index (χ3n) is 3.77. The van der Waals surface area contributed by atoms with Crippen molar-refractivity contribution in [2.75, 3.05) is 50.7 Å². The van der Waals surface area contributed by atoms with Crippen LogP contribution in [0, 0.1) is 0 Å². The van der Waals surface area contributed by atoms with Gasteiger partial charge in [0.1, 0.15) is 0 Å². The fraction of sp³-hybridized carbons (Fsp3) is 0.625. The molecule has 2 N–H and O–H groups in total. The Bertz CT molecular complexity index is 363. The van der Waals surface area contributed by atoms with Crippen LogP contribution in [0.4, 0.5) is 5.69 Å². The van der Waals surface area contributed by atoms with Gasteiger partial charge >= 0.3 is 0 Å². The maximum atomic E-state index is 9.99. The van der Waals surface area contributed by atoms with Gasteiger partial charge in [-0.2, -0.15) is 0 Å². The second-order valence-corrected chi connectivity index (χ2v) is 5.48. The number of piperazine rings is 1. The van der Waals surface area contributed by atoms with Crippen LogP contribution < -0.4 is 10.2 Å². The van der Waals surface area contributed by atoms with Gasteiger partial charge in [0.2, 0.25) is 0 Å². The van der Waals surface area contributed by atoms with Crippen molar-refractivity contribution in [2.45, 2.75) is 19.4 Å². The summed E-state index contributed by atoms with van der Waals surface area (Å²) in [5.41, 5.74) is 1.30. The lowest BCUT2D eigenvalue weighted by Gasteiger charge is -2.36. The Kier molecular flexibility index (Phi) is 6.30. The van der Waals surface area contributed by atoms with Gasteiger partial charge in [-0.1, -0.05) is 25.1 Å². The normalized spacial score (nSPS) is 18.2. The average molecular weight is 277 g/mol. The Balaban J connectivity index is 1.69. The second-order valence-electron chi connectivity index (χ2n) is 5.48. The lowest BCUT2D eigenvalue weighted by atomic mass is 10.2. The highest BCUT2D eigenvalue weighted by atomic mass is 16.3. The summed E-state index contributed by atoms with van der Waals surface area (Å²) in [7, 11) is 0. The molecule has 0 aliphatic carbocycles. The van der Waals surface area contributed by atoms with E-state index in [0.717, 1.165) is 45.7 Å². The maximum absolute atomic E-state index is 9.99. The molecule has 4 heteroatoms. The van der Waals surface area contributed by atoms with Crippen LogP contribution in [0.1, 0.15) is 13.3 Å². The van der Waals surface area contributed by atoms with E-state index >= 15 is 0 Å². The van der Waals surface area contributed by atoms with Gasteiger partial charge in [0, 0.05) is 45.0 Å². The summed E-state index contributed by atoms with van der Waals surface area (Å²) in [5.74, 6) is 0. The third-order valence-corrected chi connectivity index (χ3v) is 3.77. The van der Waals surface area contributed by atoms with Crippen molar-refractivity contribution in [3.63, 3.8) is 0 Å². The second kappa shape index (κ2) is 8.25. The van der Waals surface area contributed by atoms with Crippen LogP contribution in [-0.2, 0) is 0 Å². The Morgan fingerprint density at radius 1 is 1.15 bits per heavy atom. The fourth-order valence-electron chi connectivity index (χ4n) is 2.64. The summed E-state index contributed by atoms with van der Waals surface area (Å²) in [6.45, 7) is 8.74. The molecule has 20 heavy (non-hydrogen) atoms. The number of nitrogens with one attached hydrogen (secondary N) is 1. The van der Waals surface area contributed by atoms with E-state index in [1.165, 1.54) is 5.69 Å². The van der Waals surface area contributed by atoms with Gasteiger partial charge in [-0.3, -0.25) is 4.90 Å². The molecular weight excluding hydrogens is 250 g/mol. The number of β-amino-alcohol motifs (C(OH)–C–C–N with tert-alkyl or cyclic N) is 1. The predicted molar refractivity (Wildman–Crippen MR) is 84.3 cm³/mol. The fourth-order valence-corrected chi connectivity index (χ4v) is 2.64. The number of hydrogen-bond donors (Lipinski definition) is 2. The van der Waals surface area contributed by atoms with Crippen molar-refractivity contribution < 1.29 is 5.11 Å². The number of rotatable bonds is 7. The molecule has 1 aromatic rings. The van der Waals surface area contributed by atoms with E-state index in [4.69, 9.17) is 0 Å². The molecule has 112 valence electrons. The molecule has 1 saturated heterocycles. The van der Waals surface area contributed by atoms with Crippen LogP contribution in [0.25, 0.3) is 0 Å². The highest BCUT2D eigenvalue weighted by molar-refractivity contribution is 5.46. The molecule has 0 aromatic heterocycles. The van der Waals surface area contributed by atoms with Crippen molar-refractivity contribution in [1.82, 2.24) is 10.2 Å². The summed E-state index contributed by atoms with van der Waals surface area (Å²) < 4.78 is 0. The maximum Gasteiger partial charge on any atom is 0.0791 e. The molecule has 1 unspecified atom stereocenters. The monoisotopic (exact) mass is 277 g/mol. The zero-order chi connectivity index (χ0) is 14.2. The number of nitrogens with zero attached hydrogens (tertiary/aromatic N) is 2. The number of para-hydroxylation sites is 1. The predicted octanol–water partition coefficient (Wildman–Crippen LogP) is 1.17. The first-order valence-corrected chi connectivity index (χ1v) is 7.70. The van der Waals surface area contributed by atoms with Crippen molar-refractivity contribution in [1.29, 1.82) is 0 Å². The zero-order valence-electron chi connectivity index (χ0n) is 12.5. The van der Waals surface area contributed by atoms with E-state index in [1.54, 1.807) is 0 Å². The molecule has 1 aromatic carbocycles. The number of hydrogen-bond acceptors (Lipinski definition) is 4. The summed E-state index contributed by atoms with van der Waals surface area (Å²) in [6, 6.07) is 10.6. The number of anilines is 1. The van der Waals surface area contributed by atoms with Crippen LogP contribution in [0.5, 0.6) is 0 Å². The molecule has 1 atom stereocenters. The van der Waals surface area contributed by atoms with Gasteiger partial charge in [-0.25, -0.2) is 0 Å². The van der Waals surface area contributed by atoms with Crippen LogP contribution in [0.3, 0.4) is 0 Å². The molecule has 1 fully saturated rings. The first kappa shape index (κ1) is 15.3. The van der Waals surface area contributed by atoms with Crippen LogP contribution in [0.2, 0.25) is 0 Å². The van der Waals surface area contributed by atoms with Gasteiger partial charge in [0.05, 0.1) is 6.10 Å². The van der Waals surface area contributed by atoms with Crippen molar-refractivity contribution in [3.05, 3.63) is 30.3 Å². The Morgan fingerprint density at radius 3 is 2.50 bits per heavy atom. The zero-order valence-corrected chi connectivity index (χ0v) is 12.5. The molecule has 4 nitrogen and oxygen atoms in total. The molecule has 2 rings (SSSR count). The molecule has 0 saturated carbocycles. The van der Waals surface area contributed by atoms with Gasteiger partial charge in [-0.15, -0.1) is 0 Å². The van der Waals surface area contributed by atoms with Crippen LogP contribution in [0.15, 0.2) is 30.3 Å². The molecule has 0 radical (unpaired) electrons. The van der Waals surface area contributed by atoms with Crippen LogP contribution in [-0.4, -0.2) is 61.9 Å². The number of aliphatic hydroxyl groups is 1. The lowest BCUT2D eigenvalue weighted by molar-refractivity contribution is 0.108. The third kappa shape index (κ3) is 4.78. The molecule has 1 heterocycles. The van der Waals surface area contributed by atoms with Crippen molar-refractivity contribution >= 4 is 5.69 Å². The smallest absolute Gasteiger partial charge is 0.0791 e. The van der Waals surface area contributed by atoms with Gasteiger partial charge < -0.3 is 15.3 Å². The van der Waals surface area contributed by atoms with E-state index < -0.39 is 0 Å². The highest BCUT2D eigenvalue weighted by Gasteiger charge is 2.19. The SMILES string of the molecule is CCCNCC(O)CN1CCN(c2ccccc2)CC1. The van der Waals surface area contributed by atoms with Crippen LogP contribution >= 0.6 is 0 Å². The van der Waals surface area contributed by atoms with Gasteiger partial charge in [-0.05, 0) is 25.1 Å². The minimum atomic E-state index is -0.259. The van der Waals surface area contributed by atoms with E-state index in [9.17, 15) is 5.11 Å². The molecule has 1 aliphatic heterocycles. The number of aliphatic hydroxyl groups excluding tert-OH is 1. The molecule has 0 bridgehead atoms. The quantitative estimate of drug-likeness (QED) is 0.734. The molecule has 0 spiro atoms. The van der Waals surface area contributed by atoms with Crippen molar-refractivity contribution in [2.24, 2.45) is 0 Å². The standard InChI is InChI=1S/C16H27N3O/c1-2-8-17-13-16(20)14-18-9-11-19(12-10-18)15-6-4-3-5-7-15/h3-7,16-17,20H,2,8-14H2,1H3. The topological polar surface area (TPSA) is 38.7 Å². The van der Waals surface area contributed by atoms with Gasteiger partial charge in [0.15, 0.2) is 0 Å². The summed E-state index contributed by atoms with van der Waals surface area (Å²) in [6.07, 6.45) is 0.854. The number of benzene rings is 1. The minimum absolute atomic E-state index is 0.259. The Hall–Kier alpha value is -1.10. The van der Waals surface area contributed by atoms with Crippen molar-refractivity contribution in [3.8, 4) is 0 Å². The summed E-state index contributed by atoms with van der Waals surface area (Å²) >= 11 is 0. The van der Waals surface area contributed by atoms with E-state index in [0.29, 0.717) is 6.54 Å². The Morgan fingerprint density at radius 2 is 1.85 bits per heavy atom. The molecule has 1 aliphatic rings. The Labute approximate surface area is 122 Å². The van der Waals surface area contributed by atoms with Gasteiger partial charge in [0.25, 0.3) is 0 Å². The largest absolute Gasteiger partial charge is 0.390 e. The minimum Gasteiger partial charge on any atom is -0.390 e.